The van der Waals surface area contributed by atoms with E-state index in [2.05, 4.69) is 11.8 Å². The minimum atomic E-state index is -0.345. The van der Waals surface area contributed by atoms with Gasteiger partial charge in [-0.25, -0.2) is 4.39 Å². The van der Waals surface area contributed by atoms with Crippen LogP contribution >= 0.6 is 0 Å². The van der Waals surface area contributed by atoms with Crippen LogP contribution in [0, 0.1) is 29.0 Å². The summed E-state index contributed by atoms with van der Waals surface area (Å²) in [6, 6.07) is 5.53. The highest BCUT2D eigenvalue weighted by molar-refractivity contribution is 5.98. The molecule has 0 aromatic heterocycles. The number of carbonyl (C=O) groups is 1. The molecule has 1 aromatic rings. The summed E-state index contributed by atoms with van der Waals surface area (Å²) in [5.41, 5.74) is 1.08. The normalized spacial score (nSPS) is 31.7. The van der Waals surface area contributed by atoms with Crippen LogP contribution in [0.5, 0.6) is 0 Å². The van der Waals surface area contributed by atoms with Crippen LogP contribution < -0.4 is 9.80 Å². The van der Waals surface area contributed by atoms with Crippen LogP contribution in [0.25, 0.3) is 0 Å². The van der Waals surface area contributed by atoms with Crippen LogP contribution in [-0.2, 0) is 9.53 Å². The second-order valence-electron chi connectivity index (χ2n) is 10.2. The van der Waals surface area contributed by atoms with E-state index in [0.717, 1.165) is 62.2 Å². The number of amides is 1. The Morgan fingerprint density at radius 3 is 2.63 bits per heavy atom. The van der Waals surface area contributed by atoms with Gasteiger partial charge in [-0.2, -0.15) is 0 Å². The van der Waals surface area contributed by atoms with E-state index in [1.165, 1.54) is 25.7 Å². The number of hydrogen-bond donors (Lipinski definition) is 0. The summed E-state index contributed by atoms with van der Waals surface area (Å²) in [5.74, 6) is 2.24. The van der Waals surface area contributed by atoms with E-state index >= 15 is 4.39 Å². The van der Waals surface area contributed by atoms with E-state index in [1.807, 2.05) is 12.1 Å². The molecular weight excluding hydrogens is 379 g/mol. The number of piperidine rings is 1. The van der Waals surface area contributed by atoms with Crippen LogP contribution in [0.15, 0.2) is 18.2 Å². The number of anilines is 2. The number of halogens is 1. The van der Waals surface area contributed by atoms with Crippen LogP contribution in [-0.4, -0.2) is 38.8 Å². The number of nitrogens with zero attached hydrogens (tertiary/aromatic N) is 2. The summed E-state index contributed by atoms with van der Waals surface area (Å²) in [6.07, 6.45) is 8.66. The topological polar surface area (TPSA) is 32.8 Å². The summed E-state index contributed by atoms with van der Waals surface area (Å²) in [6.45, 7) is 6.34. The monoisotopic (exact) mass is 414 g/mol. The maximum atomic E-state index is 15.2. The number of benzene rings is 1. The first-order chi connectivity index (χ1) is 14.6. The number of carbonyl (C=O) groups excluding carboxylic acids is 1. The second-order valence-corrected chi connectivity index (χ2v) is 10.2. The molecule has 5 heteroatoms. The number of rotatable bonds is 3. The SMILES string of the molecule is C[C@@H]1CCC[C@@H]1C1CCN(c2ccc(N3CCCC4(CCOCC4)C3=O)c(F)c2)C1. The van der Waals surface area contributed by atoms with Crippen molar-refractivity contribution in [3.05, 3.63) is 24.0 Å². The fourth-order valence-electron chi connectivity index (χ4n) is 6.68. The molecule has 30 heavy (non-hydrogen) atoms. The van der Waals surface area contributed by atoms with Crippen LogP contribution in [0.2, 0.25) is 0 Å². The third kappa shape index (κ3) is 3.53. The molecule has 0 radical (unpaired) electrons. The third-order valence-corrected chi connectivity index (χ3v) is 8.53. The van der Waals surface area contributed by atoms with Crippen molar-refractivity contribution in [1.82, 2.24) is 0 Å². The van der Waals surface area contributed by atoms with Crippen molar-refractivity contribution < 1.29 is 13.9 Å². The largest absolute Gasteiger partial charge is 0.381 e. The predicted molar refractivity (Wildman–Crippen MR) is 117 cm³/mol. The zero-order valence-electron chi connectivity index (χ0n) is 18.2. The molecule has 4 nitrogen and oxygen atoms in total. The number of ether oxygens (including phenoxy) is 1. The highest BCUT2D eigenvalue weighted by Gasteiger charge is 2.45. The molecule has 3 heterocycles. The van der Waals surface area contributed by atoms with Gasteiger partial charge < -0.3 is 14.5 Å². The van der Waals surface area contributed by atoms with Gasteiger partial charge in [-0.1, -0.05) is 19.8 Å². The Morgan fingerprint density at radius 2 is 1.90 bits per heavy atom. The van der Waals surface area contributed by atoms with Crippen molar-refractivity contribution >= 4 is 17.3 Å². The molecule has 1 unspecified atom stereocenters. The van der Waals surface area contributed by atoms with Crippen molar-refractivity contribution in [2.45, 2.75) is 58.3 Å². The zero-order valence-corrected chi connectivity index (χ0v) is 18.2. The van der Waals surface area contributed by atoms with E-state index in [1.54, 1.807) is 11.0 Å². The maximum Gasteiger partial charge on any atom is 0.233 e. The first-order valence-electron chi connectivity index (χ1n) is 12.0. The molecule has 0 N–H and O–H groups in total. The van der Waals surface area contributed by atoms with E-state index in [-0.39, 0.29) is 17.1 Å². The Hall–Kier alpha value is -1.62. The summed E-state index contributed by atoms with van der Waals surface area (Å²) in [7, 11) is 0. The van der Waals surface area contributed by atoms with Crippen LogP contribution in [0.1, 0.15) is 58.3 Å². The first kappa shape index (κ1) is 20.3. The van der Waals surface area contributed by atoms with Crippen molar-refractivity contribution in [2.75, 3.05) is 42.6 Å². The minimum Gasteiger partial charge on any atom is -0.381 e. The van der Waals surface area contributed by atoms with Gasteiger partial charge in [0.05, 0.1) is 11.1 Å². The lowest BCUT2D eigenvalue weighted by molar-refractivity contribution is -0.136. The molecule has 3 saturated heterocycles. The van der Waals surface area contributed by atoms with E-state index in [0.29, 0.717) is 25.4 Å². The molecule has 1 aromatic carbocycles. The van der Waals surface area contributed by atoms with Crippen molar-refractivity contribution in [3.8, 4) is 0 Å². The molecule has 5 rings (SSSR count). The average Bonchev–Trinajstić information content (AvgIpc) is 3.40. The van der Waals surface area contributed by atoms with Gasteiger partial charge in [-0.15, -0.1) is 0 Å². The minimum absolute atomic E-state index is 0.0974. The molecule has 0 bridgehead atoms. The fraction of sp³-hybridized carbons (Fsp3) is 0.720. The maximum absolute atomic E-state index is 15.2. The average molecular weight is 415 g/mol. The molecule has 4 fully saturated rings. The highest BCUT2D eigenvalue weighted by Crippen LogP contribution is 2.44. The lowest BCUT2D eigenvalue weighted by Crippen LogP contribution is -2.51. The molecular formula is C25H35FN2O2. The second kappa shape index (κ2) is 8.14. The molecule has 1 spiro atoms. The Labute approximate surface area is 179 Å². The lowest BCUT2D eigenvalue weighted by Gasteiger charge is -2.43. The van der Waals surface area contributed by atoms with Crippen LogP contribution in [0.4, 0.5) is 15.8 Å². The quantitative estimate of drug-likeness (QED) is 0.697. The van der Waals surface area contributed by atoms with E-state index in [4.69, 9.17) is 4.74 Å². The van der Waals surface area contributed by atoms with Crippen molar-refractivity contribution in [1.29, 1.82) is 0 Å². The third-order valence-electron chi connectivity index (χ3n) is 8.53. The molecule has 1 amide bonds. The smallest absolute Gasteiger partial charge is 0.233 e. The molecule has 1 aliphatic carbocycles. The summed E-state index contributed by atoms with van der Waals surface area (Å²) in [5, 5.41) is 0. The van der Waals surface area contributed by atoms with Gasteiger partial charge in [0.25, 0.3) is 0 Å². The van der Waals surface area contributed by atoms with Crippen molar-refractivity contribution in [2.24, 2.45) is 23.2 Å². The van der Waals surface area contributed by atoms with Gasteiger partial charge in [0, 0.05) is 38.5 Å². The predicted octanol–water partition coefficient (Wildman–Crippen LogP) is 5.01. The molecule has 1 saturated carbocycles. The molecule has 3 aliphatic heterocycles. The fourth-order valence-corrected chi connectivity index (χ4v) is 6.68. The Kier molecular flexibility index (Phi) is 5.51. The lowest BCUT2D eigenvalue weighted by atomic mass is 9.73. The molecule has 164 valence electrons. The first-order valence-corrected chi connectivity index (χ1v) is 12.0. The molecule has 4 aliphatic rings. The highest BCUT2D eigenvalue weighted by atomic mass is 19.1. The van der Waals surface area contributed by atoms with Gasteiger partial charge >= 0.3 is 0 Å². The van der Waals surface area contributed by atoms with Crippen molar-refractivity contribution in [3.63, 3.8) is 0 Å². The Bertz CT molecular complexity index is 786. The summed E-state index contributed by atoms with van der Waals surface area (Å²) >= 11 is 0. The summed E-state index contributed by atoms with van der Waals surface area (Å²) in [4.78, 5) is 17.4. The Balaban J connectivity index is 1.31. The zero-order chi connectivity index (χ0) is 20.7. The van der Waals surface area contributed by atoms with Gasteiger partial charge in [0.1, 0.15) is 5.82 Å². The van der Waals surface area contributed by atoms with Gasteiger partial charge in [0.15, 0.2) is 0 Å². The van der Waals surface area contributed by atoms with E-state index in [9.17, 15) is 4.79 Å². The standard InChI is InChI=1S/C25H35FN2O2/c1-18-4-2-5-21(18)19-8-13-27(17-19)20-6-7-23(22(26)16-20)28-12-3-9-25(24(28)29)10-14-30-15-11-25/h6-7,16,18-19,21H,2-5,8-15,17H2,1H3/t18-,19?,21+/m1/s1. The molecule has 3 atom stereocenters. The van der Waals surface area contributed by atoms with Gasteiger partial charge in [-0.05, 0) is 74.5 Å². The Morgan fingerprint density at radius 1 is 1.07 bits per heavy atom. The van der Waals surface area contributed by atoms with Crippen LogP contribution in [0.3, 0.4) is 0 Å². The van der Waals surface area contributed by atoms with Gasteiger partial charge in [-0.3, -0.25) is 4.79 Å². The summed E-state index contributed by atoms with van der Waals surface area (Å²) < 4.78 is 20.7. The number of hydrogen-bond acceptors (Lipinski definition) is 3. The van der Waals surface area contributed by atoms with E-state index < -0.39 is 0 Å². The van der Waals surface area contributed by atoms with Gasteiger partial charge in [0.2, 0.25) is 5.91 Å².